The second kappa shape index (κ2) is 5.87. The maximum atomic E-state index is 8.86. The zero-order valence-electron chi connectivity index (χ0n) is 10.4. The van der Waals surface area contributed by atoms with Crippen LogP contribution in [0.5, 0.6) is 0 Å². The first-order valence-corrected chi connectivity index (χ1v) is 6.87. The SMILES string of the molecule is N#CC(C#N)=C1CCC(C2CCCCC2)CC1. The predicted octanol–water partition coefficient (Wildman–Crippen LogP) is 4.10. The fourth-order valence-corrected chi connectivity index (χ4v) is 3.50. The molecule has 2 fully saturated rings. The first-order chi connectivity index (χ1) is 8.35. The lowest BCUT2D eigenvalue weighted by Gasteiger charge is -2.33. The Hall–Kier alpha value is -1.28. The molecule has 2 nitrogen and oxygen atoms in total. The van der Waals surface area contributed by atoms with Gasteiger partial charge in [-0.15, -0.1) is 0 Å². The summed E-state index contributed by atoms with van der Waals surface area (Å²) in [5.41, 5.74) is 1.49. The van der Waals surface area contributed by atoms with Gasteiger partial charge in [-0.2, -0.15) is 10.5 Å². The third kappa shape index (κ3) is 2.89. The zero-order valence-corrected chi connectivity index (χ0v) is 10.4. The molecule has 0 radical (unpaired) electrons. The van der Waals surface area contributed by atoms with Crippen LogP contribution in [-0.2, 0) is 0 Å². The van der Waals surface area contributed by atoms with Gasteiger partial charge in [-0.05, 0) is 43.1 Å². The molecular formula is C15H20N2. The van der Waals surface area contributed by atoms with Gasteiger partial charge < -0.3 is 0 Å². The molecule has 2 aliphatic rings. The monoisotopic (exact) mass is 228 g/mol. The Morgan fingerprint density at radius 2 is 1.35 bits per heavy atom. The van der Waals surface area contributed by atoms with Crippen LogP contribution >= 0.6 is 0 Å². The standard InChI is InChI=1S/C15H20N2/c16-10-15(11-17)14-8-6-13(7-9-14)12-4-2-1-3-5-12/h12-13H,1-9H2. The molecule has 2 aliphatic carbocycles. The highest BCUT2D eigenvalue weighted by Gasteiger charge is 2.27. The maximum absolute atomic E-state index is 8.86. The fraction of sp³-hybridized carbons (Fsp3) is 0.733. The lowest BCUT2D eigenvalue weighted by atomic mass is 9.72. The molecule has 0 aromatic carbocycles. The summed E-state index contributed by atoms with van der Waals surface area (Å²) in [5, 5.41) is 17.7. The van der Waals surface area contributed by atoms with E-state index in [0.29, 0.717) is 5.57 Å². The first kappa shape index (κ1) is 12.2. The van der Waals surface area contributed by atoms with Crippen molar-refractivity contribution in [3.63, 3.8) is 0 Å². The van der Waals surface area contributed by atoms with Crippen LogP contribution in [0.4, 0.5) is 0 Å². The highest BCUT2D eigenvalue weighted by molar-refractivity contribution is 5.40. The molecule has 0 saturated heterocycles. The van der Waals surface area contributed by atoms with Crippen LogP contribution in [0.1, 0.15) is 57.8 Å². The largest absolute Gasteiger partial charge is 0.192 e. The Morgan fingerprint density at radius 1 is 0.824 bits per heavy atom. The predicted molar refractivity (Wildman–Crippen MR) is 66.8 cm³/mol. The van der Waals surface area contributed by atoms with E-state index < -0.39 is 0 Å². The van der Waals surface area contributed by atoms with E-state index in [1.165, 1.54) is 44.9 Å². The van der Waals surface area contributed by atoms with Crippen LogP contribution < -0.4 is 0 Å². The van der Waals surface area contributed by atoms with Gasteiger partial charge >= 0.3 is 0 Å². The normalized spacial score (nSPS) is 26.0. The number of hydrogen-bond donors (Lipinski definition) is 0. The Labute approximate surface area is 104 Å². The molecule has 2 saturated carbocycles. The molecule has 0 atom stereocenters. The minimum absolute atomic E-state index is 0.382. The molecule has 2 rings (SSSR count). The molecule has 0 aliphatic heterocycles. The van der Waals surface area contributed by atoms with Crippen LogP contribution in [0.15, 0.2) is 11.1 Å². The van der Waals surface area contributed by atoms with E-state index in [1.54, 1.807) is 0 Å². The molecule has 90 valence electrons. The summed E-state index contributed by atoms with van der Waals surface area (Å²) in [6.07, 6.45) is 11.4. The summed E-state index contributed by atoms with van der Waals surface area (Å²) < 4.78 is 0. The van der Waals surface area contributed by atoms with Gasteiger partial charge in [0.1, 0.15) is 17.7 Å². The Kier molecular flexibility index (Phi) is 4.21. The highest BCUT2D eigenvalue weighted by atomic mass is 14.3. The summed E-state index contributed by atoms with van der Waals surface area (Å²) in [4.78, 5) is 0. The summed E-state index contributed by atoms with van der Waals surface area (Å²) in [6, 6.07) is 4.07. The lowest BCUT2D eigenvalue weighted by molar-refractivity contribution is 0.212. The third-order valence-electron chi connectivity index (χ3n) is 4.53. The molecule has 0 heterocycles. The highest BCUT2D eigenvalue weighted by Crippen LogP contribution is 2.40. The van der Waals surface area contributed by atoms with E-state index in [1.807, 2.05) is 12.1 Å². The van der Waals surface area contributed by atoms with Crippen LogP contribution in [0.3, 0.4) is 0 Å². The van der Waals surface area contributed by atoms with Gasteiger partial charge in [0.25, 0.3) is 0 Å². The second-order valence-electron chi connectivity index (χ2n) is 5.44. The Balaban J connectivity index is 1.92. The minimum atomic E-state index is 0.382. The van der Waals surface area contributed by atoms with Crippen molar-refractivity contribution in [3.8, 4) is 12.1 Å². The van der Waals surface area contributed by atoms with Crippen molar-refractivity contribution in [2.45, 2.75) is 57.8 Å². The zero-order chi connectivity index (χ0) is 12.1. The molecule has 0 spiro atoms. The van der Waals surface area contributed by atoms with Gasteiger partial charge in [-0.25, -0.2) is 0 Å². The van der Waals surface area contributed by atoms with E-state index >= 15 is 0 Å². The van der Waals surface area contributed by atoms with Crippen LogP contribution in [0.25, 0.3) is 0 Å². The number of nitrogens with zero attached hydrogens (tertiary/aromatic N) is 2. The molecule has 0 aromatic heterocycles. The minimum Gasteiger partial charge on any atom is -0.192 e. The van der Waals surface area contributed by atoms with Gasteiger partial charge in [0.15, 0.2) is 0 Å². The summed E-state index contributed by atoms with van der Waals surface area (Å²) in [5.74, 6) is 1.79. The van der Waals surface area contributed by atoms with Gasteiger partial charge in [0.05, 0.1) is 0 Å². The molecule has 0 unspecified atom stereocenters. The molecule has 17 heavy (non-hydrogen) atoms. The summed E-state index contributed by atoms with van der Waals surface area (Å²) in [7, 11) is 0. The smallest absolute Gasteiger partial charge is 0.128 e. The second-order valence-corrected chi connectivity index (χ2v) is 5.44. The number of allylic oxidation sites excluding steroid dienone is 2. The topological polar surface area (TPSA) is 47.6 Å². The number of hydrogen-bond acceptors (Lipinski definition) is 2. The number of rotatable bonds is 1. The Bertz CT molecular complexity index is 349. The van der Waals surface area contributed by atoms with Crippen molar-refractivity contribution in [1.29, 1.82) is 10.5 Å². The molecule has 0 bridgehead atoms. The lowest BCUT2D eigenvalue weighted by Crippen LogP contribution is -2.21. The first-order valence-electron chi connectivity index (χ1n) is 6.87. The van der Waals surface area contributed by atoms with Gasteiger partial charge in [0.2, 0.25) is 0 Å². The van der Waals surface area contributed by atoms with Crippen LogP contribution in [0, 0.1) is 34.5 Å². The van der Waals surface area contributed by atoms with Crippen LogP contribution in [0.2, 0.25) is 0 Å². The van der Waals surface area contributed by atoms with E-state index in [0.717, 1.165) is 30.3 Å². The van der Waals surface area contributed by atoms with E-state index in [9.17, 15) is 0 Å². The third-order valence-corrected chi connectivity index (χ3v) is 4.53. The van der Waals surface area contributed by atoms with Gasteiger partial charge in [-0.3, -0.25) is 0 Å². The molecule has 0 amide bonds. The molecule has 0 N–H and O–H groups in total. The van der Waals surface area contributed by atoms with Crippen molar-refractivity contribution in [2.24, 2.45) is 11.8 Å². The summed E-state index contributed by atoms with van der Waals surface area (Å²) >= 11 is 0. The van der Waals surface area contributed by atoms with Gasteiger partial charge in [-0.1, -0.05) is 32.1 Å². The van der Waals surface area contributed by atoms with Crippen molar-refractivity contribution in [1.82, 2.24) is 0 Å². The average Bonchev–Trinajstić information content (AvgIpc) is 2.42. The quantitative estimate of drug-likeness (QED) is 0.634. The maximum Gasteiger partial charge on any atom is 0.128 e. The molecule has 2 heteroatoms. The fourth-order valence-electron chi connectivity index (χ4n) is 3.50. The van der Waals surface area contributed by atoms with Crippen molar-refractivity contribution in [3.05, 3.63) is 11.1 Å². The number of nitriles is 2. The van der Waals surface area contributed by atoms with E-state index in [2.05, 4.69) is 0 Å². The van der Waals surface area contributed by atoms with E-state index in [4.69, 9.17) is 10.5 Å². The van der Waals surface area contributed by atoms with Crippen LogP contribution in [-0.4, -0.2) is 0 Å². The van der Waals surface area contributed by atoms with Crippen molar-refractivity contribution in [2.75, 3.05) is 0 Å². The summed E-state index contributed by atoms with van der Waals surface area (Å²) in [6.45, 7) is 0. The Morgan fingerprint density at radius 3 is 1.88 bits per heavy atom. The van der Waals surface area contributed by atoms with Crippen molar-refractivity contribution >= 4 is 0 Å². The van der Waals surface area contributed by atoms with Gasteiger partial charge in [0, 0.05) is 0 Å². The average molecular weight is 228 g/mol. The van der Waals surface area contributed by atoms with E-state index in [-0.39, 0.29) is 0 Å². The van der Waals surface area contributed by atoms with Crippen molar-refractivity contribution < 1.29 is 0 Å². The molecule has 0 aromatic rings. The molecular weight excluding hydrogens is 208 g/mol.